The second kappa shape index (κ2) is 8.19. The van der Waals surface area contributed by atoms with E-state index >= 15 is 0 Å². The maximum Gasteiger partial charge on any atom is 0.269 e. The zero-order valence-electron chi connectivity index (χ0n) is 13.4. The molecule has 0 saturated carbocycles. The molecule has 1 aromatic carbocycles. The van der Waals surface area contributed by atoms with E-state index < -0.39 is 14.9 Å². The number of sulfonamides is 1. The third-order valence-corrected chi connectivity index (χ3v) is 6.63. The number of nitrogens with one attached hydrogen (secondary N) is 1. The number of amides is 1. The van der Waals surface area contributed by atoms with E-state index in [1.165, 1.54) is 41.7 Å². The lowest BCUT2D eigenvalue weighted by Crippen LogP contribution is -2.28. The summed E-state index contributed by atoms with van der Waals surface area (Å²) < 4.78 is 25.9. The molecule has 1 amide bonds. The minimum absolute atomic E-state index is 0.0570. The van der Waals surface area contributed by atoms with E-state index in [1.54, 1.807) is 11.4 Å². The summed E-state index contributed by atoms with van der Waals surface area (Å²) in [5, 5.41) is 14.9. The van der Waals surface area contributed by atoms with Gasteiger partial charge in [-0.1, -0.05) is 6.07 Å². The van der Waals surface area contributed by atoms with Crippen LogP contribution in [0.3, 0.4) is 0 Å². The first-order valence-electron chi connectivity index (χ1n) is 7.35. The van der Waals surface area contributed by atoms with Gasteiger partial charge in [-0.3, -0.25) is 14.9 Å². The summed E-state index contributed by atoms with van der Waals surface area (Å²) in [6.45, 7) is 0.216. The summed E-state index contributed by atoms with van der Waals surface area (Å²) in [5.41, 5.74) is 0.397. The van der Waals surface area contributed by atoms with Crippen LogP contribution in [0.4, 0.5) is 11.4 Å². The lowest BCUT2D eigenvalue weighted by atomic mass is 10.2. The van der Waals surface area contributed by atoms with Crippen molar-refractivity contribution in [2.45, 2.75) is 17.1 Å². The minimum atomic E-state index is -3.51. The van der Waals surface area contributed by atoms with Gasteiger partial charge in [0, 0.05) is 37.8 Å². The van der Waals surface area contributed by atoms with Gasteiger partial charge in [0.2, 0.25) is 5.91 Å². The van der Waals surface area contributed by atoms with E-state index in [0.29, 0.717) is 12.1 Å². The summed E-state index contributed by atoms with van der Waals surface area (Å²) in [7, 11) is -2.03. The van der Waals surface area contributed by atoms with Crippen molar-refractivity contribution >= 4 is 38.6 Å². The van der Waals surface area contributed by atoms with E-state index in [4.69, 9.17) is 0 Å². The van der Waals surface area contributed by atoms with Crippen molar-refractivity contribution in [2.75, 3.05) is 18.9 Å². The highest BCUT2D eigenvalue weighted by atomic mass is 32.2. The summed E-state index contributed by atoms with van der Waals surface area (Å²) in [5.74, 6) is -0.282. The Kier molecular flexibility index (Phi) is 6.23. The number of non-ortho nitro benzene ring substituents is 1. The number of hydrogen-bond donors (Lipinski definition) is 1. The van der Waals surface area contributed by atoms with Crippen molar-refractivity contribution < 1.29 is 18.1 Å². The molecule has 2 aromatic rings. The molecule has 0 aliphatic rings. The van der Waals surface area contributed by atoms with Crippen LogP contribution < -0.4 is 5.32 Å². The molecule has 1 heterocycles. The van der Waals surface area contributed by atoms with Crippen LogP contribution in [0, 0.1) is 10.1 Å². The van der Waals surface area contributed by atoms with Gasteiger partial charge in [-0.25, -0.2) is 12.7 Å². The molecular weight excluding hydrogens is 366 g/mol. The van der Waals surface area contributed by atoms with Gasteiger partial charge in [-0.15, -0.1) is 11.3 Å². The van der Waals surface area contributed by atoms with Crippen molar-refractivity contribution in [3.8, 4) is 0 Å². The molecule has 0 aliphatic carbocycles. The average molecular weight is 383 g/mol. The van der Waals surface area contributed by atoms with Crippen molar-refractivity contribution in [1.82, 2.24) is 4.31 Å². The predicted molar refractivity (Wildman–Crippen MR) is 95.1 cm³/mol. The number of nitrogens with zero attached hydrogens (tertiary/aromatic N) is 2. The van der Waals surface area contributed by atoms with Gasteiger partial charge < -0.3 is 5.32 Å². The third kappa shape index (κ3) is 5.08. The summed E-state index contributed by atoms with van der Waals surface area (Å²) in [6.07, 6.45) is 0.501. The topological polar surface area (TPSA) is 110 Å². The zero-order valence-corrected chi connectivity index (χ0v) is 15.0. The zero-order chi connectivity index (χ0) is 18.4. The van der Waals surface area contributed by atoms with Crippen LogP contribution in [0.5, 0.6) is 0 Å². The average Bonchev–Trinajstić information content (AvgIpc) is 3.10. The van der Waals surface area contributed by atoms with Gasteiger partial charge in [-0.2, -0.15) is 0 Å². The Morgan fingerprint density at radius 3 is 2.52 bits per heavy atom. The molecule has 10 heteroatoms. The first kappa shape index (κ1) is 19.0. The normalized spacial score (nSPS) is 11.4. The lowest BCUT2D eigenvalue weighted by molar-refractivity contribution is -0.384. The Morgan fingerprint density at radius 1 is 1.28 bits per heavy atom. The van der Waals surface area contributed by atoms with Crippen LogP contribution in [0.15, 0.2) is 46.0 Å². The van der Waals surface area contributed by atoms with E-state index in [-0.39, 0.29) is 28.8 Å². The van der Waals surface area contributed by atoms with Crippen molar-refractivity contribution in [1.29, 1.82) is 0 Å². The smallest absolute Gasteiger partial charge is 0.269 e. The molecule has 0 spiro atoms. The van der Waals surface area contributed by atoms with E-state index in [2.05, 4.69) is 5.32 Å². The Bertz CT molecular complexity index is 833. The number of thiophene rings is 1. The van der Waals surface area contributed by atoms with Gasteiger partial charge in [0.05, 0.1) is 4.92 Å². The number of carbonyl (C=O) groups is 1. The van der Waals surface area contributed by atoms with Gasteiger partial charge in [0.15, 0.2) is 0 Å². The highest BCUT2D eigenvalue weighted by molar-refractivity contribution is 7.91. The highest BCUT2D eigenvalue weighted by Gasteiger charge is 2.21. The van der Waals surface area contributed by atoms with Crippen LogP contribution in [-0.4, -0.2) is 37.1 Å². The number of carbonyl (C=O) groups excluding carboxylic acids is 1. The largest absolute Gasteiger partial charge is 0.326 e. The van der Waals surface area contributed by atoms with Crippen LogP contribution >= 0.6 is 11.3 Å². The van der Waals surface area contributed by atoms with E-state index in [9.17, 15) is 23.3 Å². The molecule has 134 valence electrons. The van der Waals surface area contributed by atoms with Gasteiger partial charge in [0.25, 0.3) is 15.7 Å². The maximum absolute atomic E-state index is 12.2. The number of rotatable bonds is 8. The van der Waals surface area contributed by atoms with Crippen LogP contribution in [0.1, 0.15) is 12.8 Å². The van der Waals surface area contributed by atoms with Crippen molar-refractivity contribution in [3.63, 3.8) is 0 Å². The molecule has 0 bridgehead atoms. The molecule has 0 atom stereocenters. The molecule has 2 rings (SSSR count). The second-order valence-electron chi connectivity index (χ2n) is 5.21. The van der Waals surface area contributed by atoms with Gasteiger partial charge >= 0.3 is 0 Å². The Balaban J connectivity index is 1.81. The van der Waals surface area contributed by atoms with Crippen molar-refractivity contribution in [3.05, 3.63) is 51.9 Å². The summed E-state index contributed by atoms with van der Waals surface area (Å²) >= 11 is 1.15. The molecule has 1 aromatic heterocycles. The van der Waals surface area contributed by atoms with E-state index in [1.807, 2.05) is 0 Å². The summed E-state index contributed by atoms with van der Waals surface area (Å²) in [4.78, 5) is 21.9. The molecule has 1 N–H and O–H groups in total. The number of nitro groups is 1. The second-order valence-corrected chi connectivity index (χ2v) is 8.43. The van der Waals surface area contributed by atoms with Gasteiger partial charge in [-0.05, 0) is 30.0 Å². The fourth-order valence-corrected chi connectivity index (χ4v) is 4.45. The van der Waals surface area contributed by atoms with Gasteiger partial charge in [0.1, 0.15) is 4.21 Å². The Labute approximate surface area is 149 Å². The third-order valence-electron chi connectivity index (χ3n) is 3.40. The monoisotopic (exact) mass is 383 g/mol. The number of nitro benzene ring substituents is 1. The quantitative estimate of drug-likeness (QED) is 0.557. The first-order valence-corrected chi connectivity index (χ1v) is 9.67. The van der Waals surface area contributed by atoms with Crippen LogP contribution in [0.25, 0.3) is 0 Å². The fourth-order valence-electron chi connectivity index (χ4n) is 2.04. The number of benzene rings is 1. The molecule has 25 heavy (non-hydrogen) atoms. The first-order chi connectivity index (χ1) is 11.8. The standard InChI is InChI=1S/C15H17N3O5S2/c1-17(25(22,23)15-5-3-11-24-15)10-2-4-14(19)16-12-6-8-13(9-7-12)18(20)21/h3,5-9,11H,2,4,10H2,1H3,(H,16,19). The number of anilines is 1. The maximum atomic E-state index is 12.2. The molecule has 0 unspecified atom stereocenters. The lowest BCUT2D eigenvalue weighted by Gasteiger charge is -2.15. The molecular formula is C15H17N3O5S2. The minimum Gasteiger partial charge on any atom is -0.326 e. The van der Waals surface area contributed by atoms with Crippen molar-refractivity contribution in [2.24, 2.45) is 0 Å². The SMILES string of the molecule is CN(CCCC(=O)Nc1ccc([N+](=O)[O-])cc1)S(=O)(=O)c1cccs1. The predicted octanol–water partition coefficient (Wildman–Crippen LogP) is 2.70. The van der Waals surface area contributed by atoms with Crippen LogP contribution in [-0.2, 0) is 14.8 Å². The number of hydrogen-bond acceptors (Lipinski definition) is 6. The Morgan fingerprint density at radius 2 is 1.96 bits per heavy atom. The highest BCUT2D eigenvalue weighted by Crippen LogP contribution is 2.20. The molecule has 8 nitrogen and oxygen atoms in total. The van der Waals surface area contributed by atoms with Crippen LogP contribution in [0.2, 0.25) is 0 Å². The molecule has 0 fully saturated rings. The molecule has 0 saturated heterocycles. The Hall–Kier alpha value is -2.30. The van der Waals surface area contributed by atoms with E-state index in [0.717, 1.165) is 11.3 Å². The fraction of sp³-hybridized carbons (Fsp3) is 0.267. The summed E-state index contributed by atoms with van der Waals surface area (Å²) in [6, 6.07) is 8.71. The molecule has 0 aliphatic heterocycles. The molecule has 0 radical (unpaired) electrons.